The van der Waals surface area contributed by atoms with Gasteiger partial charge in [0, 0.05) is 18.9 Å². The van der Waals surface area contributed by atoms with Crippen molar-refractivity contribution in [3.8, 4) is 11.5 Å². The van der Waals surface area contributed by atoms with Crippen molar-refractivity contribution in [2.75, 3.05) is 5.32 Å². The molecule has 2 N–H and O–H groups in total. The number of rotatable bonds is 4. The molecule has 2 heterocycles. The zero-order chi connectivity index (χ0) is 17.2. The van der Waals surface area contributed by atoms with Crippen molar-refractivity contribution in [2.45, 2.75) is 12.7 Å². The van der Waals surface area contributed by atoms with Gasteiger partial charge in [0.15, 0.2) is 0 Å². The molecule has 0 fully saturated rings. The van der Waals surface area contributed by atoms with Crippen molar-refractivity contribution in [2.24, 2.45) is 0 Å². The van der Waals surface area contributed by atoms with Crippen LogP contribution in [0.5, 0.6) is 0 Å². The topological polar surface area (TPSA) is 96.7 Å². The maximum absolute atomic E-state index is 12.7. The predicted molar refractivity (Wildman–Crippen MR) is 76.9 cm³/mol. The fraction of sp³-hybridized carbons (Fsp3) is 0.143. The van der Waals surface area contributed by atoms with Gasteiger partial charge in [0.05, 0.1) is 11.1 Å². The lowest BCUT2D eigenvalue weighted by Crippen LogP contribution is -2.07. The number of nitrogens with one attached hydrogen (secondary N) is 2. The number of hydrogen-bond donors (Lipinski definition) is 2. The Morgan fingerprint density at radius 1 is 1.21 bits per heavy atom. The van der Waals surface area contributed by atoms with Crippen molar-refractivity contribution < 1.29 is 17.6 Å². The van der Waals surface area contributed by atoms with Crippen LogP contribution in [0.4, 0.5) is 19.1 Å². The SMILES string of the molecule is O=c1[nH]nc(-c2cnc(NCc3cccc(C(F)(F)F)c3)nc2)o1. The van der Waals surface area contributed by atoms with Crippen LogP contribution in [-0.4, -0.2) is 20.2 Å². The molecule has 10 heteroatoms. The van der Waals surface area contributed by atoms with Crippen molar-refractivity contribution in [1.82, 2.24) is 20.2 Å². The molecule has 2 aromatic heterocycles. The maximum Gasteiger partial charge on any atom is 0.434 e. The van der Waals surface area contributed by atoms with Crippen molar-refractivity contribution >= 4 is 5.95 Å². The Labute approximate surface area is 132 Å². The molecule has 0 unspecified atom stereocenters. The van der Waals surface area contributed by atoms with E-state index in [4.69, 9.17) is 4.42 Å². The van der Waals surface area contributed by atoms with Gasteiger partial charge in [-0.1, -0.05) is 12.1 Å². The molecule has 0 saturated heterocycles. The maximum atomic E-state index is 12.7. The van der Waals surface area contributed by atoms with Gasteiger partial charge < -0.3 is 9.73 Å². The van der Waals surface area contributed by atoms with E-state index in [-0.39, 0.29) is 18.4 Å². The average molecular weight is 337 g/mol. The lowest BCUT2D eigenvalue weighted by Gasteiger charge is -2.09. The van der Waals surface area contributed by atoms with Crippen LogP contribution in [0.2, 0.25) is 0 Å². The van der Waals surface area contributed by atoms with Gasteiger partial charge in [0.1, 0.15) is 0 Å². The van der Waals surface area contributed by atoms with Crippen molar-refractivity contribution in [3.63, 3.8) is 0 Å². The monoisotopic (exact) mass is 337 g/mol. The number of aromatic amines is 1. The van der Waals surface area contributed by atoms with Gasteiger partial charge in [-0.05, 0) is 17.7 Å². The lowest BCUT2D eigenvalue weighted by molar-refractivity contribution is -0.137. The van der Waals surface area contributed by atoms with E-state index in [1.54, 1.807) is 6.07 Å². The highest BCUT2D eigenvalue weighted by Crippen LogP contribution is 2.29. The van der Waals surface area contributed by atoms with E-state index in [1.807, 2.05) is 0 Å². The van der Waals surface area contributed by atoms with E-state index >= 15 is 0 Å². The minimum absolute atomic E-state index is 0.0458. The molecule has 0 radical (unpaired) electrons. The number of aromatic nitrogens is 4. The van der Waals surface area contributed by atoms with Gasteiger partial charge in [0.25, 0.3) is 5.89 Å². The standard InChI is InChI=1S/C14H10F3N5O2/c15-14(16,17)10-3-1-2-8(4-10)5-18-12-19-6-9(7-20-12)11-21-22-13(23)24-11/h1-4,6-7H,5H2,(H,22,23)(H,18,19,20). The van der Waals surface area contributed by atoms with Gasteiger partial charge in [0.2, 0.25) is 5.95 Å². The minimum Gasteiger partial charge on any atom is -0.388 e. The Morgan fingerprint density at radius 2 is 1.96 bits per heavy atom. The number of alkyl halides is 3. The Kier molecular flexibility index (Phi) is 4.02. The summed E-state index contributed by atoms with van der Waals surface area (Å²) in [4.78, 5) is 18.9. The normalized spacial score (nSPS) is 11.5. The summed E-state index contributed by atoms with van der Waals surface area (Å²) in [6.07, 6.45) is -1.64. The van der Waals surface area contributed by atoms with Crippen LogP contribution >= 0.6 is 0 Å². The smallest absolute Gasteiger partial charge is 0.388 e. The number of hydrogen-bond acceptors (Lipinski definition) is 6. The van der Waals surface area contributed by atoms with Crippen LogP contribution in [0.15, 0.2) is 45.9 Å². The largest absolute Gasteiger partial charge is 0.434 e. The summed E-state index contributed by atoms with van der Waals surface area (Å²) < 4.78 is 42.7. The second-order valence-electron chi connectivity index (χ2n) is 4.77. The summed E-state index contributed by atoms with van der Waals surface area (Å²) in [5.74, 6) is -0.435. The number of H-pyrrole nitrogens is 1. The summed E-state index contributed by atoms with van der Waals surface area (Å²) >= 11 is 0. The summed E-state index contributed by atoms with van der Waals surface area (Å²) in [6, 6.07) is 4.96. The molecule has 0 spiro atoms. The zero-order valence-corrected chi connectivity index (χ0v) is 12.0. The van der Waals surface area contributed by atoms with Crippen LogP contribution in [0, 0.1) is 0 Å². The van der Waals surface area contributed by atoms with Gasteiger partial charge in [-0.15, -0.1) is 5.10 Å². The van der Waals surface area contributed by atoms with Crippen molar-refractivity contribution in [1.29, 1.82) is 0 Å². The molecule has 0 aliphatic carbocycles. The number of nitrogens with zero attached hydrogens (tertiary/aromatic N) is 3. The molecule has 1 aromatic carbocycles. The Hall–Kier alpha value is -3.17. The van der Waals surface area contributed by atoms with E-state index in [2.05, 4.69) is 25.5 Å². The highest BCUT2D eigenvalue weighted by Gasteiger charge is 2.30. The predicted octanol–water partition coefficient (Wildman–Crippen LogP) is 2.45. The first kappa shape index (κ1) is 15.7. The second kappa shape index (κ2) is 6.14. The summed E-state index contributed by atoms with van der Waals surface area (Å²) in [5, 5.41) is 8.55. The van der Waals surface area contributed by atoms with Gasteiger partial charge >= 0.3 is 11.9 Å². The minimum atomic E-state index is -4.39. The first-order valence-electron chi connectivity index (χ1n) is 6.70. The average Bonchev–Trinajstić information content (AvgIpc) is 2.99. The summed E-state index contributed by atoms with van der Waals surface area (Å²) in [6.45, 7) is 0.126. The molecule has 0 amide bonds. The molecule has 0 aliphatic heterocycles. The molecule has 0 saturated carbocycles. The third-order valence-corrected chi connectivity index (χ3v) is 3.04. The van der Waals surface area contributed by atoms with Crippen molar-refractivity contribution in [3.05, 3.63) is 58.3 Å². The van der Waals surface area contributed by atoms with Gasteiger partial charge in [-0.25, -0.2) is 19.9 Å². The molecule has 0 bridgehead atoms. The Balaban J connectivity index is 1.68. The number of benzene rings is 1. The second-order valence-corrected chi connectivity index (χ2v) is 4.77. The van der Waals surface area contributed by atoms with Crippen LogP contribution in [0.1, 0.15) is 11.1 Å². The lowest BCUT2D eigenvalue weighted by atomic mass is 10.1. The molecule has 0 aliphatic rings. The Bertz CT molecular complexity index is 886. The van der Waals surface area contributed by atoms with E-state index in [1.165, 1.54) is 18.5 Å². The summed E-state index contributed by atoms with van der Waals surface area (Å²) in [5.41, 5.74) is 0.111. The molecule has 0 atom stereocenters. The molecular weight excluding hydrogens is 327 g/mol. The van der Waals surface area contributed by atoms with E-state index < -0.39 is 17.5 Å². The fourth-order valence-corrected chi connectivity index (χ4v) is 1.92. The number of halogens is 3. The first-order valence-corrected chi connectivity index (χ1v) is 6.70. The fourth-order valence-electron chi connectivity index (χ4n) is 1.92. The molecule has 3 aromatic rings. The van der Waals surface area contributed by atoms with Crippen LogP contribution in [-0.2, 0) is 12.7 Å². The highest BCUT2D eigenvalue weighted by atomic mass is 19.4. The first-order chi connectivity index (χ1) is 11.4. The van der Waals surface area contributed by atoms with E-state index in [9.17, 15) is 18.0 Å². The molecular formula is C14H10F3N5O2. The molecule has 3 rings (SSSR count). The third kappa shape index (κ3) is 3.59. The third-order valence-electron chi connectivity index (χ3n) is 3.04. The highest BCUT2D eigenvalue weighted by molar-refractivity contribution is 5.50. The van der Waals surface area contributed by atoms with Gasteiger partial charge in [-0.2, -0.15) is 13.2 Å². The van der Waals surface area contributed by atoms with E-state index in [0.29, 0.717) is 11.1 Å². The molecule has 24 heavy (non-hydrogen) atoms. The Morgan fingerprint density at radius 3 is 2.58 bits per heavy atom. The van der Waals surface area contributed by atoms with Crippen LogP contribution in [0.3, 0.4) is 0 Å². The van der Waals surface area contributed by atoms with Gasteiger partial charge in [-0.3, -0.25) is 0 Å². The quantitative estimate of drug-likeness (QED) is 0.759. The van der Waals surface area contributed by atoms with Crippen LogP contribution < -0.4 is 11.1 Å². The molecule has 124 valence electrons. The summed E-state index contributed by atoms with van der Waals surface area (Å²) in [7, 11) is 0. The molecule has 7 nitrogen and oxygen atoms in total. The zero-order valence-electron chi connectivity index (χ0n) is 12.0. The van der Waals surface area contributed by atoms with Crippen LogP contribution in [0.25, 0.3) is 11.5 Å². The number of anilines is 1. The van der Waals surface area contributed by atoms with E-state index in [0.717, 1.165) is 12.1 Å².